The fraction of sp³-hybridized carbons (Fsp3) is 0.348. The number of carbonyl (C=O) groups excluding carboxylic acids is 1. The fourth-order valence-electron chi connectivity index (χ4n) is 3.88. The van der Waals surface area contributed by atoms with Crippen LogP contribution >= 0.6 is 11.3 Å². The van der Waals surface area contributed by atoms with Gasteiger partial charge in [-0.2, -0.15) is 4.31 Å². The van der Waals surface area contributed by atoms with Crippen LogP contribution in [0.15, 0.2) is 65.0 Å². The molecule has 31 heavy (non-hydrogen) atoms. The van der Waals surface area contributed by atoms with Crippen LogP contribution in [0, 0.1) is 0 Å². The zero-order valence-corrected chi connectivity index (χ0v) is 19.2. The molecule has 3 aromatic rings. The van der Waals surface area contributed by atoms with E-state index in [9.17, 15) is 13.2 Å². The number of amides is 1. The fourth-order valence-corrected chi connectivity index (χ4v) is 6.19. The Morgan fingerprint density at radius 2 is 1.84 bits per heavy atom. The van der Waals surface area contributed by atoms with Gasteiger partial charge in [-0.1, -0.05) is 36.4 Å². The second-order valence-corrected chi connectivity index (χ2v) is 10.8. The molecule has 1 aliphatic rings. The lowest BCUT2D eigenvalue weighted by Gasteiger charge is -2.22. The van der Waals surface area contributed by atoms with E-state index in [1.807, 2.05) is 35.7 Å². The molecular weight excluding hydrogens is 430 g/mol. The third-order valence-corrected chi connectivity index (χ3v) is 8.35. The van der Waals surface area contributed by atoms with Crippen LogP contribution < -0.4 is 0 Å². The van der Waals surface area contributed by atoms with Crippen LogP contribution in [0.2, 0.25) is 0 Å². The monoisotopic (exact) mass is 457 g/mol. The van der Waals surface area contributed by atoms with Gasteiger partial charge < -0.3 is 9.47 Å². The SMILES string of the molecule is Cn1cc(S(=O)(=O)N2CCCC2)cc1C(=O)N(CCc1ccccc1)Cc1cccs1. The van der Waals surface area contributed by atoms with Crippen molar-refractivity contribution in [3.8, 4) is 0 Å². The first kappa shape index (κ1) is 21.8. The number of rotatable bonds is 8. The van der Waals surface area contributed by atoms with Crippen molar-refractivity contribution in [2.24, 2.45) is 7.05 Å². The molecule has 1 aromatic carbocycles. The van der Waals surface area contributed by atoms with Gasteiger partial charge in [-0.05, 0) is 42.3 Å². The molecule has 0 radical (unpaired) electrons. The number of hydrogen-bond donors (Lipinski definition) is 0. The zero-order valence-electron chi connectivity index (χ0n) is 17.6. The Morgan fingerprint density at radius 1 is 1.10 bits per heavy atom. The second kappa shape index (κ2) is 9.38. The maximum Gasteiger partial charge on any atom is 0.270 e. The first-order valence-corrected chi connectivity index (χ1v) is 12.8. The maximum atomic E-state index is 13.5. The number of hydrogen-bond acceptors (Lipinski definition) is 4. The lowest BCUT2D eigenvalue weighted by atomic mass is 10.1. The lowest BCUT2D eigenvalue weighted by molar-refractivity contribution is 0.0737. The summed E-state index contributed by atoms with van der Waals surface area (Å²) in [6.45, 7) is 2.15. The van der Waals surface area contributed by atoms with Gasteiger partial charge in [0.05, 0.1) is 6.54 Å². The van der Waals surface area contributed by atoms with Gasteiger partial charge in [0.15, 0.2) is 0 Å². The molecule has 0 spiro atoms. The van der Waals surface area contributed by atoms with Gasteiger partial charge in [0.1, 0.15) is 10.6 Å². The maximum absolute atomic E-state index is 13.5. The summed E-state index contributed by atoms with van der Waals surface area (Å²) in [5.41, 5.74) is 1.55. The molecule has 164 valence electrons. The topological polar surface area (TPSA) is 62.6 Å². The molecule has 0 atom stereocenters. The average molecular weight is 458 g/mol. The number of sulfonamides is 1. The molecule has 0 saturated carbocycles. The molecular formula is C23H27N3O3S2. The standard InChI is InChI=1S/C23H27N3O3S2/c1-24-18-21(31(28,29)26-12-5-6-13-26)16-22(24)23(27)25(17-20-10-7-15-30-20)14-11-19-8-3-2-4-9-19/h2-4,7-10,15-16,18H,5-6,11-14,17H2,1H3. The highest BCUT2D eigenvalue weighted by atomic mass is 32.2. The van der Waals surface area contributed by atoms with Crippen LogP contribution in [-0.4, -0.2) is 47.7 Å². The molecule has 1 amide bonds. The van der Waals surface area contributed by atoms with E-state index in [0.29, 0.717) is 31.9 Å². The molecule has 0 N–H and O–H groups in total. The summed E-state index contributed by atoms with van der Waals surface area (Å²) >= 11 is 1.61. The minimum Gasteiger partial charge on any atom is -0.345 e. The molecule has 3 heterocycles. The number of aromatic nitrogens is 1. The van der Waals surface area contributed by atoms with Gasteiger partial charge >= 0.3 is 0 Å². The van der Waals surface area contributed by atoms with Crippen molar-refractivity contribution >= 4 is 27.3 Å². The van der Waals surface area contributed by atoms with Crippen LogP contribution in [0.1, 0.15) is 33.8 Å². The number of carbonyl (C=O) groups is 1. The van der Waals surface area contributed by atoms with Gasteiger partial charge in [-0.15, -0.1) is 11.3 Å². The smallest absolute Gasteiger partial charge is 0.270 e. The average Bonchev–Trinajstić information content (AvgIpc) is 3.53. The van der Waals surface area contributed by atoms with E-state index in [4.69, 9.17) is 0 Å². The van der Waals surface area contributed by atoms with Crippen LogP contribution in [0.5, 0.6) is 0 Å². The van der Waals surface area contributed by atoms with E-state index in [1.54, 1.807) is 34.0 Å². The van der Waals surface area contributed by atoms with Crippen molar-refractivity contribution in [3.63, 3.8) is 0 Å². The van der Waals surface area contributed by atoms with Crippen molar-refractivity contribution in [2.45, 2.75) is 30.7 Å². The van der Waals surface area contributed by atoms with Crippen LogP contribution in [-0.2, 0) is 30.0 Å². The molecule has 6 nitrogen and oxygen atoms in total. The van der Waals surface area contributed by atoms with E-state index in [0.717, 1.165) is 29.7 Å². The predicted molar refractivity (Wildman–Crippen MR) is 123 cm³/mol. The Bertz CT molecular complexity index is 1120. The third kappa shape index (κ3) is 4.92. The molecule has 2 aromatic heterocycles. The number of thiophene rings is 1. The van der Waals surface area contributed by atoms with E-state index in [2.05, 4.69) is 12.1 Å². The van der Waals surface area contributed by atoms with Crippen molar-refractivity contribution in [3.05, 3.63) is 76.2 Å². The summed E-state index contributed by atoms with van der Waals surface area (Å²) in [6.07, 6.45) is 4.06. The molecule has 8 heteroatoms. The second-order valence-electron chi connectivity index (χ2n) is 7.82. The van der Waals surface area contributed by atoms with Gasteiger partial charge in [0.25, 0.3) is 5.91 Å². The summed E-state index contributed by atoms with van der Waals surface area (Å²) in [4.78, 5) is 16.6. The Morgan fingerprint density at radius 3 is 2.52 bits per heavy atom. The summed E-state index contributed by atoms with van der Waals surface area (Å²) < 4.78 is 29.0. The molecule has 4 rings (SSSR count). The molecule has 0 bridgehead atoms. The molecule has 0 unspecified atom stereocenters. The lowest BCUT2D eigenvalue weighted by Crippen LogP contribution is -2.33. The zero-order chi connectivity index (χ0) is 21.8. The summed E-state index contributed by atoms with van der Waals surface area (Å²) in [5.74, 6) is -0.158. The molecule has 1 fully saturated rings. The van der Waals surface area contributed by atoms with Crippen molar-refractivity contribution in [1.29, 1.82) is 0 Å². The van der Waals surface area contributed by atoms with E-state index >= 15 is 0 Å². The minimum absolute atomic E-state index is 0.158. The molecule has 1 aliphatic heterocycles. The molecule has 0 aliphatic carbocycles. The first-order chi connectivity index (χ1) is 14.9. The van der Waals surface area contributed by atoms with Gasteiger partial charge in [-0.25, -0.2) is 8.42 Å². The summed E-state index contributed by atoms with van der Waals surface area (Å²) in [7, 11) is -1.83. The highest BCUT2D eigenvalue weighted by Gasteiger charge is 2.30. The van der Waals surface area contributed by atoms with E-state index in [-0.39, 0.29) is 10.8 Å². The van der Waals surface area contributed by atoms with Crippen LogP contribution in [0.3, 0.4) is 0 Å². The molecule has 1 saturated heterocycles. The van der Waals surface area contributed by atoms with E-state index in [1.165, 1.54) is 10.4 Å². The van der Waals surface area contributed by atoms with Gasteiger partial charge in [-0.3, -0.25) is 4.79 Å². The first-order valence-electron chi connectivity index (χ1n) is 10.5. The van der Waals surface area contributed by atoms with Crippen LogP contribution in [0.4, 0.5) is 0 Å². The highest BCUT2D eigenvalue weighted by Crippen LogP contribution is 2.24. The largest absolute Gasteiger partial charge is 0.345 e. The summed E-state index contributed by atoms with van der Waals surface area (Å²) in [6, 6.07) is 15.6. The third-order valence-electron chi connectivity index (χ3n) is 5.63. The van der Waals surface area contributed by atoms with Crippen molar-refractivity contribution < 1.29 is 13.2 Å². The Balaban J connectivity index is 1.57. The summed E-state index contributed by atoms with van der Waals surface area (Å²) in [5, 5.41) is 2.00. The van der Waals surface area contributed by atoms with Crippen molar-refractivity contribution in [1.82, 2.24) is 13.8 Å². The Hall–Kier alpha value is -2.42. The number of aryl methyl sites for hydroxylation is 1. The van der Waals surface area contributed by atoms with Gasteiger partial charge in [0.2, 0.25) is 10.0 Å². The quantitative estimate of drug-likeness (QED) is 0.517. The van der Waals surface area contributed by atoms with E-state index < -0.39 is 10.0 Å². The Labute approximate surface area is 187 Å². The highest BCUT2D eigenvalue weighted by molar-refractivity contribution is 7.89. The van der Waals surface area contributed by atoms with Crippen molar-refractivity contribution in [2.75, 3.05) is 19.6 Å². The van der Waals surface area contributed by atoms with Crippen LogP contribution in [0.25, 0.3) is 0 Å². The van der Waals surface area contributed by atoms with Gasteiger partial charge in [0, 0.05) is 37.8 Å². The predicted octanol–water partition coefficient (Wildman–Crippen LogP) is 3.76. The normalized spacial score (nSPS) is 14.7. The number of nitrogens with zero attached hydrogens (tertiary/aromatic N) is 3. The Kier molecular flexibility index (Phi) is 6.60. The minimum atomic E-state index is -3.56. The number of benzene rings is 1.